The highest BCUT2D eigenvalue weighted by atomic mass is 19.4. The molecule has 1 aromatic heterocycles. The number of aliphatic hydroxyl groups is 1. The third kappa shape index (κ3) is 3.46. The fourth-order valence-electron chi connectivity index (χ4n) is 2.15. The van der Waals surface area contributed by atoms with Crippen molar-refractivity contribution >= 4 is 0 Å². The Morgan fingerprint density at radius 3 is 2.50 bits per heavy atom. The predicted molar refractivity (Wildman–Crippen MR) is 58.9 cm³/mol. The van der Waals surface area contributed by atoms with Crippen LogP contribution in [-0.4, -0.2) is 45.5 Å². The Morgan fingerprint density at radius 1 is 1.28 bits per heavy atom. The summed E-state index contributed by atoms with van der Waals surface area (Å²) < 4.78 is 38.1. The number of nitrogens with zero attached hydrogens (tertiary/aromatic N) is 3. The average Bonchev–Trinajstić information content (AvgIpc) is 2.87. The third-order valence-corrected chi connectivity index (χ3v) is 3.00. The minimum atomic E-state index is -4.43. The standard InChI is InChI=1S/C11H16F3N3O/c12-11(13,14)10-3-6-17(15-10)8-9(18)7-16-4-1-2-5-16/h3,6,9,18H,1-2,4-5,7-8H2. The molecule has 1 unspecified atom stereocenters. The summed E-state index contributed by atoms with van der Waals surface area (Å²) >= 11 is 0. The second-order valence-corrected chi connectivity index (χ2v) is 4.58. The first-order chi connectivity index (χ1) is 8.45. The molecule has 0 amide bonds. The third-order valence-electron chi connectivity index (χ3n) is 3.00. The molecule has 0 aromatic carbocycles. The van der Waals surface area contributed by atoms with Crippen LogP contribution < -0.4 is 0 Å². The lowest BCUT2D eigenvalue weighted by atomic mass is 10.3. The molecule has 0 aliphatic carbocycles. The van der Waals surface area contributed by atoms with E-state index in [4.69, 9.17) is 0 Å². The first kappa shape index (κ1) is 13.4. The van der Waals surface area contributed by atoms with Crippen molar-refractivity contribution in [3.8, 4) is 0 Å². The number of alkyl halides is 3. The lowest BCUT2D eigenvalue weighted by Gasteiger charge is -2.19. The van der Waals surface area contributed by atoms with Gasteiger partial charge in [0.25, 0.3) is 0 Å². The molecule has 4 nitrogen and oxygen atoms in total. The zero-order valence-electron chi connectivity index (χ0n) is 9.90. The van der Waals surface area contributed by atoms with Crippen molar-refractivity contribution in [2.45, 2.75) is 31.7 Å². The van der Waals surface area contributed by atoms with E-state index < -0.39 is 18.0 Å². The maximum absolute atomic E-state index is 12.3. The summed E-state index contributed by atoms with van der Waals surface area (Å²) in [7, 11) is 0. The van der Waals surface area contributed by atoms with Crippen LogP contribution in [0.3, 0.4) is 0 Å². The Kier molecular flexibility index (Phi) is 3.91. The Morgan fingerprint density at radius 2 is 1.94 bits per heavy atom. The number of rotatable bonds is 4. The van der Waals surface area contributed by atoms with Gasteiger partial charge in [-0.3, -0.25) is 4.68 Å². The van der Waals surface area contributed by atoms with Crippen LogP contribution in [0, 0.1) is 0 Å². The highest BCUT2D eigenvalue weighted by Crippen LogP contribution is 2.27. The van der Waals surface area contributed by atoms with E-state index in [0.717, 1.165) is 36.7 Å². The summed E-state index contributed by atoms with van der Waals surface area (Å²) in [6.07, 6.45) is -1.63. The number of hydrogen-bond donors (Lipinski definition) is 1. The van der Waals surface area contributed by atoms with Gasteiger partial charge >= 0.3 is 6.18 Å². The molecule has 7 heteroatoms. The van der Waals surface area contributed by atoms with E-state index in [1.54, 1.807) is 0 Å². The number of hydrogen-bond acceptors (Lipinski definition) is 3. The first-order valence-electron chi connectivity index (χ1n) is 5.96. The van der Waals surface area contributed by atoms with Crippen molar-refractivity contribution in [2.75, 3.05) is 19.6 Å². The van der Waals surface area contributed by atoms with Gasteiger partial charge in [-0.1, -0.05) is 0 Å². The highest BCUT2D eigenvalue weighted by Gasteiger charge is 2.33. The molecular weight excluding hydrogens is 247 g/mol. The van der Waals surface area contributed by atoms with Gasteiger partial charge in [-0.15, -0.1) is 0 Å². The van der Waals surface area contributed by atoms with Gasteiger partial charge in [-0.2, -0.15) is 18.3 Å². The number of aliphatic hydroxyl groups excluding tert-OH is 1. The lowest BCUT2D eigenvalue weighted by Crippen LogP contribution is -2.32. The van der Waals surface area contributed by atoms with Gasteiger partial charge in [0.2, 0.25) is 0 Å². The van der Waals surface area contributed by atoms with Gasteiger partial charge in [-0.05, 0) is 32.0 Å². The molecule has 0 bridgehead atoms. The molecule has 102 valence electrons. The molecule has 2 heterocycles. The zero-order valence-corrected chi connectivity index (χ0v) is 9.90. The first-order valence-corrected chi connectivity index (χ1v) is 5.96. The molecule has 18 heavy (non-hydrogen) atoms. The van der Waals surface area contributed by atoms with E-state index in [9.17, 15) is 18.3 Å². The summed E-state index contributed by atoms with van der Waals surface area (Å²) in [5.41, 5.74) is -0.920. The molecule has 0 saturated carbocycles. The van der Waals surface area contributed by atoms with Crippen molar-refractivity contribution in [1.82, 2.24) is 14.7 Å². The smallest absolute Gasteiger partial charge is 0.390 e. The molecule has 1 aliphatic rings. The van der Waals surface area contributed by atoms with Crippen LogP contribution in [0.4, 0.5) is 13.2 Å². The van der Waals surface area contributed by atoms with Crippen molar-refractivity contribution in [2.24, 2.45) is 0 Å². The number of aromatic nitrogens is 2. The van der Waals surface area contributed by atoms with Gasteiger partial charge in [0.1, 0.15) is 0 Å². The number of likely N-dealkylation sites (tertiary alicyclic amines) is 1. The monoisotopic (exact) mass is 263 g/mol. The Balaban J connectivity index is 1.86. The van der Waals surface area contributed by atoms with E-state index >= 15 is 0 Å². The molecular formula is C11H16F3N3O. The Labute approximate surface area is 103 Å². The van der Waals surface area contributed by atoms with E-state index in [0.29, 0.717) is 6.54 Å². The molecule has 0 spiro atoms. The van der Waals surface area contributed by atoms with Gasteiger partial charge in [0, 0.05) is 12.7 Å². The summed E-state index contributed by atoms with van der Waals surface area (Å²) in [6.45, 7) is 2.47. The molecule has 1 N–H and O–H groups in total. The predicted octanol–water partition coefficient (Wildman–Crippen LogP) is 1.36. The van der Waals surface area contributed by atoms with E-state index in [1.807, 2.05) is 0 Å². The minimum Gasteiger partial charge on any atom is -0.390 e. The number of β-amino-alcohol motifs (C(OH)–C–C–N with tert-alkyl or cyclic N) is 1. The SMILES string of the molecule is OC(CN1CCCC1)Cn1ccc(C(F)(F)F)n1. The van der Waals surface area contributed by atoms with Gasteiger partial charge in [0.05, 0.1) is 12.6 Å². The molecule has 0 radical (unpaired) electrons. The highest BCUT2D eigenvalue weighted by molar-refractivity contribution is 5.03. The van der Waals surface area contributed by atoms with Crippen molar-refractivity contribution in [3.63, 3.8) is 0 Å². The molecule has 1 atom stereocenters. The maximum atomic E-state index is 12.3. The van der Waals surface area contributed by atoms with Crippen LogP contribution in [0.15, 0.2) is 12.3 Å². The average molecular weight is 263 g/mol. The number of halogens is 3. The maximum Gasteiger partial charge on any atom is 0.435 e. The van der Waals surface area contributed by atoms with Crippen LogP contribution in [-0.2, 0) is 12.7 Å². The second kappa shape index (κ2) is 5.27. The van der Waals surface area contributed by atoms with E-state index in [1.165, 1.54) is 6.20 Å². The van der Waals surface area contributed by atoms with Crippen LogP contribution >= 0.6 is 0 Å². The van der Waals surface area contributed by atoms with Crippen LogP contribution in [0.2, 0.25) is 0 Å². The largest absolute Gasteiger partial charge is 0.435 e. The Bertz CT molecular complexity index is 385. The summed E-state index contributed by atoms with van der Waals surface area (Å²) in [6, 6.07) is 0.919. The zero-order chi connectivity index (χ0) is 13.2. The molecule has 1 saturated heterocycles. The van der Waals surface area contributed by atoms with E-state index in [-0.39, 0.29) is 6.54 Å². The van der Waals surface area contributed by atoms with Crippen molar-refractivity contribution < 1.29 is 18.3 Å². The molecule has 1 fully saturated rings. The topological polar surface area (TPSA) is 41.3 Å². The molecule has 1 aromatic rings. The summed E-state index contributed by atoms with van der Waals surface area (Å²) in [5, 5.41) is 13.2. The fourth-order valence-corrected chi connectivity index (χ4v) is 2.15. The van der Waals surface area contributed by atoms with Crippen molar-refractivity contribution in [1.29, 1.82) is 0 Å². The van der Waals surface area contributed by atoms with Crippen LogP contribution in [0.1, 0.15) is 18.5 Å². The fraction of sp³-hybridized carbons (Fsp3) is 0.727. The molecule has 2 rings (SSSR count). The van der Waals surface area contributed by atoms with Gasteiger partial charge in [-0.25, -0.2) is 0 Å². The minimum absolute atomic E-state index is 0.0899. The molecule has 1 aliphatic heterocycles. The summed E-state index contributed by atoms with van der Waals surface area (Å²) in [4.78, 5) is 2.11. The van der Waals surface area contributed by atoms with Crippen LogP contribution in [0.5, 0.6) is 0 Å². The lowest BCUT2D eigenvalue weighted by molar-refractivity contribution is -0.141. The quantitative estimate of drug-likeness (QED) is 0.891. The van der Waals surface area contributed by atoms with Gasteiger partial charge < -0.3 is 10.0 Å². The van der Waals surface area contributed by atoms with Crippen LogP contribution in [0.25, 0.3) is 0 Å². The Hall–Kier alpha value is -1.08. The van der Waals surface area contributed by atoms with E-state index in [2.05, 4.69) is 10.00 Å². The summed E-state index contributed by atoms with van der Waals surface area (Å²) in [5.74, 6) is 0. The van der Waals surface area contributed by atoms with Gasteiger partial charge in [0.15, 0.2) is 5.69 Å². The normalized spacial score (nSPS) is 19.3. The van der Waals surface area contributed by atoms with Crippen molar-refractivity contribution in [3.05, 3.63) is 18.0 Å². The second-order valence-electron chi connectivity index (χ2n) is 4.58.